The number of hydrogen-bond acceptors (Lipinski definition) is 1. The molecule has 0 saturated heterocycles. The fourth-order valence-electron chi connectivity index (χ4n) is 3.20. The predicted molar refractivity (Wildman–Crippen MR) is 87.0 cm³/mol. The van der Waals surface area contributed by atoms with E-state index < -0.39 is 0 Å². The standard InChI is InChI=1S/C20H17N/c1-2-8-15(9-3-1)20-19-13-7-6-12-18(19)17-11-5-4-10-16(17)14-21-20/h1-13,20-21H,14H2/t20-/m1/s1. The lowest BCUT2D eigenvalue weighted by atomic mass is 9.91. The van der Waals surface area contributed by atoms with Crippen LogP contribution in [-0.4, -0.2) is 0 Å². The lowest BCUT2D eigenvalue weighted by molar-refractivity contribution is 0.613. The van der Waals surface area contributed by atoms with Crippen molar-refractivity contribution in [3.63, 3.8) is 0 Å². The predicted octanol–water partition coefficient (Wildman–Crippen LogP) is 4.55. The Morgan fingerprint density at radius 3 is 2.19 bits per heavy atom. The Hall–Kier alpha value is -2.38. The second-order valence-electron chi connectivity index (χ2n) is 5.47. The summed E-state index contributed by atoms with van der Waals surface area (Å²) in [6.07, 6.45) is 0. The number of hydrogen-bond donors (Lipinski definition) is 1. The van der Waals surface area contributed by atoms with Crippen molar-refractivity contribution in [3.8, 4) is 11.1 Å². The van der Waals surface area contributed by atoms with Crippen molar-refractivity contribution in [2.24, 2.45) is 0 Å². The molecule has 0 aliphatic carbocycles. The van der Waals surface area contributed by atoms with E-state index in [1.807, 2.05) is 0 Å². The van der Waals surface area contributed by atoms with Crippen LogP contribution in [0.4, 0.5) is 0 Å². The van der Waals surface area contributed by atoms with Crippen LogP contribution in [0.5, 0.6) is 0 Å². The summed E-state index contributed by atoms with van der Waals surface area (Å²) in [5.41, 5.74) is 6.72. The summed E-state index contributed by atoms with van der Waals surface area (Å²) < 4.78 is 0. The van der Waals surface area contributed by atoms with Crippen LogP contribution in [0.25, 0.3) is 11.1 Å². The summed E-state index contributed by atoms with van der Waals surface area (Å²) in [5, 5.41) is 3.71. The SMILES string of the molecule is c1ccc([C@H]2NCc3ccccc3-c3ccccc32)cc1. The molecule has 21 heavy (non-hydrogen) atoms. The second kappa shape index (κ2) is 5.19. The third-order valence-corrected chi connectivity index (χ3v) is 4.21. The normalized spacial score (nSPS) is 16.7. The van der Waals surface area contributed by atoms with Gasteiger partial charge in [0.25, 0.3) is 0 Å². The lowest BCUT2D eigenvalue weighted by Crippen LogP contribution is -2.20. The molecule has 3 aromatic rings. The van der Waals surface area contributed by atoms with Crippen molar-refractivity contribution >= 4 is 0 Å². The first-order valence-electron chi connectivity index (χ1n) is 7.39. The van der Waals surface area contributed by atoms with E-state index in [9.17, 15) is 0 Å². The largest absolute Gasteiger partial charge is 0.302 e. The molecule has 102 valence electrons. The van der Waals surface area contributed by atoms with Gasteiger partial charge in [-0.25, -0.2) is 0 Å². The van der Waals surface area contributed by atoms with Gasteiger partial charge in [0.1, 0.15) is 0 Å². The Morgan fingerprint density at radius 1 is 0.667 bits per heavy atom. The van der Waals surface area contributed by atoms with Crippen LogP contribution in [0.1, 0.15) is 22.7 Å². The zero-order valence-corrected chi connectivity index (χ0v) is 11.8. The van der Waals surface area contributed by atoms with Gasteiger partial charge in [-0.2, -0.15) is 0 Å². The molecule has 3 aromatic carbocycles. The number of fused-ring (bicyclic) bond motifs is 3. The van der Waals surface area contributed by atoms with Crippen LogP contribution in [0, 0.1) is 0 Å². The van der Waals surface area contributed by atoms with Gasteiger partial charge in [-0.1, -0.05) is 78.9 Å². The minimum Gasteiger partial charge on any atom is -0.302 e. The van der Waals surface area contributed by atoms with Crippen molar-refractivity contribution < 1.29 is 0 Å². The van der Waals surface area contributed by atoms with E-state index in [-0.39, 0.29) is 6.04 Å². The molecule has 0 unspecified atom stereocenters. The van der Waals surface area contributed by atoms with Gasteiger partial charge in [-0.15, -0.1) is 0 Å². The molecule has 0 aromatic heterocycles. The van der Waals surface area contributed by atoms with Gasteiger partial charge in [0.2, 0.25) is 0 Å². The van der Waals surface area contributed by atoms with E-state index in [0.29, 0.717) is 0 Å². The van der Waals surface area contributed by atoms with Crippen molar-refractivity contribution in [3.05, 3.63) is 95.6 Å². The van der Waals surface area contributed by atoms with Gasteiger partial charge in [0.05, 0.1) is 6.04 Å². The topological polar surface area (TPSA) is 12.0 Å². The maximum atomic E-state index is 3.71. The summed E-state index contributed by atoms with van der Waals surface area (Å²) in [4.78, 5) is 0. The van der Waals surface area contributed by atoms with Crippen molar-refractivity contribution in [2.45, 2.75) is 12.6 Å². The molecule has 1 aliphatic rings. The van der Waals surface area contributed by atoms with E-state index in [1.54, 1.807) is 0 Å². The molecule has 1 heterocycles. The zero-order chi connectivity index (χ0) is 14.1. The van der Waals surface area contributed by atoms with E-state index in [1.165, 1.54) is 27.8 Å². The molecule has 1 atom stereocenters. The molecule has 0 fully saturated rings. The molecule has 1 nitrogen and oxygen atoms in total. The van der Waals surface area contributed by atoms with Gasteiger partial charge >= 0.3 is 0 Å². The summed E-state index contributed by atoms with van der Waals surface area (Å²) in [6.45, 7) is 0.893. The monoisotopic (exact) mass is 271 g/mol. The lowest BCUT2D eigenvalue weighted by Gasteiger charge is -2.19. The maximum absolute atomic E-state index is 3.71. The smallest absolute Gasteiger partial charge is 0.0585 e. The Bertz CT molecular complexity index is 762. The molecule has 0 bridgehead atoms. The average molecular weight is 271 g/mol. The van der Waals surface area contributed by atoms with Crippen LogP contribution < -0.4 is 5.32 Å². The molecule has 1 aliphatic heterocycles. The van der Waals surface area contributed by atoms with Gasteiger partial charge in [0.15, 0.2) is 0 Å². The molecule has 0 saturated carbocycles. The van der Waals surface area contributed by atoms with E-state index in [4.69, 9.17) is 0 Å². The third-order valence-electron chi connectivity index (χ3n) is 4.21. The molecule has 1 heteroatoms. The summed E-state index contributed by atoms with van der Waals surface area (Å²) >= 11 is 0. The second-order valence-corrected chi connectivity index (χ2v) is 5.47. The minimum absolute atomic E-state index is 0.245. The fourth-order valence-corrected chi connectivity index (χ4v) is 3.20. The van der Waals surface area contributed by atoms with Crippen molar-refractivity contribution in [1.82, 2.24) is 5.32 Å². The van der Waals surface area contributed by atoms with Crippen LogP contribution in [0.2, 0.25) is 0 Å². The first-order chi connectivity index (χ1) is 10.4. The highest BCUT2D eigenvalue weighted by Crippen LogP contribution is 2.36. The molecule has 4 rings (SSSR count). The van der Waals surface area contributed by atoms with Crippen LogP contribution in [-0.2, 0) is 6.54 Å². The number of benzene rings is 3. The highest BCUT2D eigenvalue weighted by atomic mass is 14.9. The molecular weight excluding hydrogens is 254 g/mol. The maximum Gasteiger partial charge on any atom is 0.0585 e. The summed E-state index contributed by atoms with van der Waals surface area (Å²) in [7, 11) is 0. The Kier molecular flexibility index (Phi) is 3.06. The van der Waals surface area contributed by atoms with Gasteiger partial charge < -0.3 is 5.32 Å². The summed E-state index contributed by atoms with van der Waals surface area (Å²) in [5.74, 6) is 0. The molecule has 0 radical (unpaired) electrons. The highest BCUT2D eigenvalue weighted by Gasteiger charge is 2.22. The van der Waals surface area contributed by atoms with Crippen molar-refractivity contribution in [2.75, 3.05) is 0 Å². The summed E-state index contributed by atoms with van der Waals surface area (Å²) in [6, 6.07) is 28.3. The quantitative estimate of drug-likeness (QED) is 0.685. The Balaban J connectivity index is 1.92. The van der Waals surface area contributed by atoms with Gasteiger partial charge in [0, 0.05) is 6.54 Å². The fraction of sp³-hybridized carbons (Fsp3) is 0.100. The molecule has 0 spiro atoms. The van der Waals surface area contributed by atoms with Crippen molar-refractivity contribution in [1.29, 1.82) is 0 Å². The number of rotatable bonds is 1. The minimum atomic E-state index is 0.245. The van der Waals surface area contributed by atoms with Crippen LogP contribution in [0.3, 0.4) is 0 Å². The van der Waals surface area contributed by atoms with E-state index in [0.717, 1.165) is 6.54 Å². The van der Waals surface area contributed by atoms with Crippen LogP contribution in [0.15, 0.2) is 78.9 Å². The van der Waals surface area contributed by atoms with Gasteiger partial charge in [-0.05, 0) is 27.8 Å². The Labute approximate surface area is 125 Å². The first kappa shape index (κ1) is 12.4. The molecule has 0 amide bonds. The Morgan fingerprint density at radius 2 is 1.33 bits per heavy atom. The zero-order valence-electron chi connectivity index (χ0n) is 11.8. The highest BCUT2D eigenvalue weighted by molar-refractivity contribution is 5.72. The first-order valence-corrected chi connectivity index (χ1v) is 7.39. The van der Waals surface area contributed by atoms with Crippen LogP contribution >= 0.6 is 0 Å². The molecular formula is C20H17N. The average Bonchev–Trinajstić information content (AvgIpc) is 2.73. The van der Waals surface area contributed by atoms with Gasteiger partial charge in [-0.3, -0.25) is 0 Å². The molecule has 1 N–H and O–H groups in total. The van der Waals surface area contributed by atoms with E-state index in [2.05, 4.69) is 84.2 Å². The number of nitrogens with one attached hydrogen (secondary N) is 1. The van der Waals surface area contributed by atoms with E-state index >= 15 is 0 Å². The third kappa shape index (κ3) is 2.16.